The highest BCUT2D eigenvalue weighted by atomic mass is 16.6. The fourth-order valence-corrected chi connectivity index (χ4v) is 1.78. The number of ether oxygens (including phenoxy) is 2. The second-order valence-electron chi connectivity index (χ2n) is 3.94. The highest BCUT2D eigenvalue weighted by molar-refractivity contribution is 5.97. The molecule has 0 saturated heterocycles. The van der Waals surface area contributed by atoms with Crippen molar-refractivity contribution in [1.82, 2.24) is 5.32 Å². The minimum atomic E-state index is -0.123. The first-order valence-electron chi connectivity index (χ1n) is 6.11. The van der Waals surface area contributed by atoms with Gasteiger partial charge in [0, 0.05) is 6.54 Å². The van der Waals surface area contributed by atoms with E-state index in [1.807, 2.05) is 25.1 Å². The van der Waals surface area contributed by atoms with E-state index in [-0.39, 0.29) is 5.91 Å². The third kappa shape index (κ3) is 2.83. The van der Waals surface area contributed by atoms with Crippen molar-refractivity contribution in [3.8, 4) is 11.5 Å². The van der Waals surface area contributed by atoms with Crippen molar-refractivity contribution < 1.29 is 14.3 Å². The average Bonchev–Trinajstić information content (AvgIpc) is 2.43. The third-order valence-electron chi connectivity index (χ3n) is 2.64. The smallest absolute Gasteiger partial charge is 0.255 e. The Labute approximate surface area is 107 Å². The largest absolute Gasteiger partial charge is 0.486 e. The summed E-state index contributed by atoms with van der Waals surface area (Å²) in [7, 11) is 0. The van der Waals surface area contributed by atoms with Crippen LogP contribution in [0.25, 0.3) is 0 Å². The van der Waals surface area contributed by atoms with Crippen molar-refractivity contribution in [3.63, 3.8) is 0 Å². The van der Waals surface area contributed by atoms with Crippen LogP contribution < -0.4 is 14.8 Å². The molecule has 4 nitrogen and oxygen atoms in total. The van der Waals surface area contributed by atoms with Gasteiger partial charge < -0.3 is 14.8 Å². The summed E-state index contributed by atoms with van der Waals surface area (Å²) in [5.74, 6) is 1.07. The molecule has 1 N–H and O–H groups in total. The lowest BCUT2D eigenvalue weighted by molar-refractivity contribution is 0.0943. The van der Waals surface area contributed by atoms with Crippen molar-refractivity contribution in [2.75, 3.05) is 19.8 Å². The standard InChI is InChI=1S/C14H17NO3/c1-2-3-4-8-15-14(16)11-6-5-7-12-13(11)18-10-9-17-12/h2-3,5-7H,4,8-10H2,1H3,(H,15,16)/b3-2+. The Bertz CT molecular complexity index is 454. The van der Waals surface area contributed by atoms with Crippen LogP contribution in [0.15, 0.2) is 30.4 Å². The number of amides is 1. The van der Waals surface area contributed by atoms with Crippen LogP contribution in [-0.2, 0) is 0 Å². The van der Waals surface area contributed by atoms with Crippen molar-refractivity contribution in [2.24, 2.45) is 0 Å². The van der Waals surface area contributed by atoms with Crippen LogP contribution in [0.5, 0.6) is 11.5 Å². The van der Waals surface area contributed by atoms with Gasteiger partial charge in [0.1, 0.15) is 13.2 Å². The van der Waals surface area contributed by atoms with Crippen LogP contribution >= 0.6 is 0 Å². The summed E-state index contributed by atoms with van der Waals surface area (Å²) in [5.41, 5.74) is 0.535. The summed E-state index contributed by atoms with van der Waals surface area (Å²) in [6.07, 6.45) is 4.81. The highest BCUT2D eigenvalue weighted by Crippen LogP contribution is 2.33. The van der Waals surface area contributed by atoms with E-state index in [0.29, 0.717) is 36.8 Å². The predicted octanol–water partition coefficient (Wildman–Crippen LogP) is 2.15. The Balaban J connectivity index is 2.06. The Hall–Kier alpha value is -1.97. The van der Waals surface area contributed by atoms with Crippen molar-refractivity contribution >= 4 is 5.91 Å². The fraction of sp³-hybridized carbons (Fsp3) is 0.357. The minimum Gasteiger partial charge on any atom is -0.486 e. The van der Waals surface area contributed by atoms with E-state index in [2.05, 4.69) is 5.32 Å². The number of allylic oxidation sites excluding steroid dienone is 1. The molecule has 2 rings (SSSR count). The van der Waals surface area contributed by atoms with E-state index >= 15 is 0 Å². The number of carbonyl (C=O) groups excluding carboxylic acids is 1. The molecule has 0 bridgehead atoms. The number of benzene rings is 1. The van der Waals surface area contributed by atoms with E-state index in [9.17, 15) is 4.79 Å². The molecular weight excluding hydrogens is 230 g/mol. The van der Waals surface area contributed by atoms with Gasteiger partial charge in [0.25, 0.3) is 5.91 Å². The molecule has 1 amide bonds. The summed E-state index contributed by atoms with van der Waals surface area (Å²) in [5, 5.41) is 2.86. The van der Waals surface area contributed by atoms with Crippen LogP contribution in [0.3, 0.4) is 0 Å². The number of hydrogen-bond donors (Lipinski definition) is 1. The second kappa shape index (κ2) is 6.10. The molecule has 1 aromatic rings. The van der Waals surface area contributed by atoms with Crippen molar-refractivity contribution in [3.05, 3.63) is 35.9 Å². The number of rotatable bonds is 4. The van der Waals surface area contributed by atoms with Crippen LogP contribution in [0.4, 0.5) is 0 Å². The van der Waals surface area contributed by atoms with Crippen molar-refractivity contribution in [1.29, 1.82) is 0 Å². The molecule has 0 radical (unpaired) electrons. The first kappa shape index (κ1) is 12.5. The minimum absolute atomic E-state index is 0.123. The maximum absolute atomic E-state index is 12.0. The number of para-hydroxylation sites is 1. The number of nitrogens with one attached hydrogen (secondary N) is 1. The van der Waals surface area contributed by atoms with Gasteiger partial charge in [0.15, 0.2) is 11.5 Å². The van der Waals surface area contributed by atoms with E-state index in [1.165, 1.54) is 0 Å². The topological polar surface area (TPSA) is 47.6 Å². The predicted molar refractivity (Wildman–Crippen MR) is 69.2 cm³/mol. The third-order valence-corrected chi connectivity index (χ3v) is 2.64. The fourth-order valence-electron chi connectivity index (χ4n) is 1.78. The van der Waals surface area contributed by atoms with E-state index in [0.717, 1.165) is 6.42 Å². The number of fused-ring (bicyclic) bond motifs is 1. The lowest BCUT2D eigenvalue weighted by atomic mass is 10.1. The molecule has 1 heterocycles. The molecule has 0 atom stereocenters. The molecule has 96 valence electrons. The lowest BCUT2D eigenvalue weighted by Gasteiger charge is -2.20. The zero-order valence-corrected chi connectivity index (χ0v) is 10.4. The summed E-state index contributed by atoms with van der Waals surface area (Å²) < 4.78 is 10.9. The molecule has 0 unspecified atom stereocenters. The molecule has 0 fully saturated rings. The van der Waals surface area contributed by atoms with Gasteiger partial charge in [-0.15, -0.1) is 0 Å². The molecule has 1 aromatic carbocycles. The zero-order valence-electron chi connectivity index (χ0n) is 10.4. The Morgan fingerprint density at radius 3 is 3.06 bits per heavy atom. The lowest BCUT2D eigenvalue weighted by Crippen LogP contribution is -2.26. The van der Waals surface area contributed by atoms with Gasteiger partial charge >= 0.3 is 0 Å². The second-order valence-corrected chi connectivity index (χ2v) is 3.94. The molecule has 1 aliphatic rings. The van der Waals surface area contributed by atoms with E-state index in [1.54, 1.807) is 12.1 Å². The van der Waals surface area contributed by atoms with Gasteiger partial charge in [-0.2, -0.15) is 0 Å². The molecule has 0 aromatic heterocycles. The van der Waals surface area contributed by atoms with Gasteiger partial charge in [-0.25, -0.2) is 0 Å². The first-order valence-corrected chi connectivity index (χ1v) is 6.11. The van der Waals surface area contributed by atoms with Gasteiger partial charge in [-0.3, -0.25) is 4.79 Å². The number of carbonyl (C=O) groups is 1. The van der Waals surface area contributed by atoms with Crippen LogP contribution in [-0.4, -0.2) is 25.7 Å². The molecule has 0 spiro atoms. The Morgan fingerprint density at radius 2 is 2.22 bits per heavy atom. The summed E-state index contributed by atoms with van der Waals surface area (Å²) in [4.78, 5) is 12.0. The normalized spacial score (nSPS) is 13.6. The van der Waals surface area contributed by atoms with Crippen LogP contribution in [0, 0.1) is 0 Å². The molecule has 0 saturated carbocycles. The molecule has 4 heteroatoms. The highest BCUT2D eigenvalue weighted by Gasteiger charge is 2.19. The average molecular weight is 247 g/mol. The number of hydrogen-bond acceptors (Lipinski definition) is 3. The Morgan fingerprint density at radius 1 is 1.39 bits per heavy atom. The van der Waals surface area contributed by atoms with E-state index < -0.39 is 0 Å². The Kier molecular flexibility index (Phi) is 4.23. The van der Waals surface area contributed by atoms with E-state index in [4.69, 9.17) is 9.47 Å². The zero-order chi connectivity index (χ0) is 12.8. The van der Waals surface area contributed by atoms with Gasteiger partial charge in [-0.1, -0.05) is 18.2 Å². The van der Waals surface area contributed by atoms with Gasteiger partial charge in [0.05, 0.1) is 5.56 Å². The van der Waals surface area contributed by atoms with Gasteiger partial charge in [0.2, 0.25) is 0 Å². The SMILES string of the molecule is C/C=C/CCNC(=O)c1cccc2c1OCCO2. The van der Waals surface area contributed by atoms with Crippen LogP contribution in [0.1, 0.15) is 23.7 Å². The summed E-state index contributed by atoms with van der Waals surface area (Å²) in [6, 6.07) is 5.36. The summed E-state index contributed by atoms with van der Waals surface area (Å²) in [6.45, 7) is 3.59. The monoisotopic (exact) mass is 247 g/mol. The quantitative estimate of drug-likeness (QED) is 0.655. The molecular formula is C14H17NO3. The van der Waals surface area contributed by atoms with Crippen LogP contribution in [0.2, 0.25) is 0 Å². The maximum atomic E-state index is 12.0. The summed E-state index contributed by atoms with van der Waals surface area (Å²) >= 11 is 0. The van der Waals surface area contributed by atoms with Crippen molar-refractivity contribution in [2.45, 2.75) is 13.3 Å². The molecule has 1 aliphatic heterocycles. The maximum Gasteiger partial charge on any atom is 0.255 e. The van der Waals surface area contributed by atoms with Gasteiger partial charge in [-0.05, 0) is 25.5 Å². The molecule has 18 heavy (non-hydrogen) atoms. The first-order chi connectivity index (χ1) is 8.83. The molecule has 0 aliphatic carbocycles.